The van der Waals surface area contributed by atoms with Crippen LogP contribution in [0.1, 0.15) is 54.4 Å². The molecule has 0 aliphatic heterocycles. The van der Waals surface area contributed by atoms with E-state index in [9.17, 15) is 0 Å². The summed E-state index contributed by atoms with van der Waals surface area (Å²) < 4.78 is 0. The van der Waals surface area contributed by atoms with Crippen molar-refractivity contribution < 1.29 is 0 Å². The van der Waals surface area contributed by atoms with Crippen molar-refractivity contribution in [3.8, 4) is 0 Å². The minimum absolute atomic E-state index is 0.557. The van der Waals surface area contributed by atoms with E-state index in [4.69, 9.17) is 0 Å². The minimum atomic E-state index is 0.557. The van der Waals surface area contributed by atoms with E-state index in [1.807, 2.05) is 0 Å². The van der Waals surface area contributed by atoms with Gasteiger partial charge in [0.15, 0.2) is 0 Å². The van der Waals surface area contributed by atoms with Crippen molar-refractivity contribution in [3.63, 3.8) is 0 Å². The molecule has 0 fully saturated rings. The summed E-state index contributed by atoms with van der Waals surface area (Å²) in [7, 11) is 0. The monoisotopic (exact) mass is 272 g/mol. The molecule has 2 aliphatic carbocycles. The van der Waals surface area contributed by atoms with E-state index in [-0.39, 0.29) is 0 Å². The number of fused-ring (bicyclic) bond motifs is 2. The Hall–Kier alpha value is -2.08. The maximum atomic E-state index is 2.45. The van der Waals surface area contributed by atoms with E-state index in [2.05, 4.69) is 74.5 Å². The Balaban J connectivity index is 1.67. The molecule has 0 heterocycles. The van der Waals surface area contributed by atoms with Gasteiger partial charge in [0.25, 0.3) is 0 Å². The molecule has 0 unspecified atom stereocenters. The fourth-order valence-electron chi connectivity index (χ4n) is 3.99. The third kappa shape index (κ3) is 1.98. The van der Waals surface area contributed by atoms with E-state index in [1.165, 1.54) is 39.8 Å². The highest BCUT2D eigenvalue weighted by Crippen LogP contribution is 2.45. The highest BCUT2D eigenvalue weighted by atomic mass is 14.3. The number of hydrogen-bond acceptors (Lipinski definition) is 0. The van der Waals surface area contributed by atoms with Crippen molar-refractivity contribution in [1.29, 1.82) is 0 Å². The molecule has 0 saturated carbocycles. The molecule has 0 nitrogen and oxygen atoms in total. The van der Waals surface area contributed by atoms with Gasteiger partial charge in [0.05, 0.1) is 0 Å². The predicted octanol–water partition coefficient (Wildman–Crippen LogP) is 5.78. The van der Waals surface area contributed by atoms with Gasteiger partial charge in [-0.15, -0.1) is 0 Å². The first-order valence-corrected chi connectivity index (χ1v) is 7.79. The average Bonchev–Trinajstić information content (AvgIpc) is 3.00. The third-order valence-corrected chi connectivity index (χ3v) is 4.98. The Bertz CT molecular complexity index is 696. The van der Waals surface area contributed by atoms with Gasteiger partial charge in [-0.25, -0.2) is 0 Å². The normalized spacial score (nSPS) is 22.6. The zero-order chi connectivity index (χ0) is 14.4. The zero-order valence-electron chi connectivity index (χ0n) is 12.6. The fraction of sp³-hybridized carbons (Fsp3) is 0.238. The summed E-state index contributed by atoms with van der Waals surface area (Å²) in [5.74, 6) is 1.11. The largest absolute Gasteiger partial charge is 0.0734 e. The standard InChI is InChI=1S/C21H20/c1-14-11-16(20-9-5-3-7-18(14)20)13-17-12-15(2)19-8-4-6-10-21(17)19/h3-12,16-17H,13H2,1-2H3/t16-,17-/m1/s1. The second-order valence-corrected chi connectivity index (χ2v) is 6.32. The first-order valence-electron chi connectivity index (χ1n) is 7.79. The van der Waals surface area contributed by atoms with Crippen LogP contribution in [0.4, 0.5) is 0 Å². The molecule has 2 aromatic rings. The number of hydrogen-bond donors (Lipinski definition) is 0. The molecule has 4 rings (SSSR count). The lowest BCUT2D eigenvalue weighted by atomic mass is 9.87. The molecule has 0 N–H and O–H groups in total. The van der Waals surface area contributed by atoms with Crippen LogP contribution in [0, 0.1) is 0 Å². The maximum Gasteiger partial charge on any atom is 0.00387 e. The lowest BCUT2D eigenvalue weighted by Crippen LogP contribution is -2.00. The molecule has 2 aliphatic rings. The summed E-state index contributed by atoms with van der Waals surface area (Å²) in [6.07, 6.45) is 6.09. The van der Waals surface area contributed by atoms with Crippen LogP contribution in [-0.4, -0.2) is 0 Å². The van der Waals surface area contributed by atoms with Crippen LogP contribution in [-0.2, 0) is 0 Å². The molecule has 104 valence electrons. The fourth-order valence-corrected chi connectivity index (χ4v) is 3.99. The Labute approximate surface area is 126 Å². The van der Waals surface area contributed by atoms with E-state index in [0.717, 1.165) is 0 Å². The van der Waals surface area contributed by atoms with Gasteiger partial charge >= 0.3 is 0 Å². The van der Waals surface area contributed by atoms with Crippen molar-refractivity contribution in [2.45, 2.75) is 32.1 Å². The van der Waals surface area contributed by atoms with E-state index in [0.29, 0.717) is 11.8 Å². The van der Waals surface area contributed by atoms with Crippen LogP contribution in [0.25, 0.3) is 11.1 Å². The third-order valence-electron chi connectivity index (χ3n) is 4.98. The summed E-state index contributed by atoms with van der Waals surface area (Å²) in [4.78, 5) is 0. The van der Waals surface area contributed by atoms with Gasteiger partial charge in [0.1, 0.15) is 0 Å². The van der Waals surface area contributed by atoms with Crippen molar-refractivity contribution in [3.05, 3.63) is 82.9 Å². The second kappa shape index (κ2) is 4.73. The van der Waals surface area contributed by atoms with E-state index < -0.39 is 0 Å². The smallest absolute Gasteiger partial charge is 0.00387 e. The molecule has 0 amide bonds. The molecule has 21 heavy (non-hydrogen) atoms. The summed E-state index contributed by atoms with van der Waals surface area (Å²) >= 11 is 0. The maximum absolute atomic E-state index is 2.45. The van der Waals surface area contributed by atoms with Gasteiger partial charge in [-0.05, 0) is 53.7 Å². The number of benzene rings is 2. The van der Waals surface area contributed by atoms with Crippen LogP contribution in [0.5, 0.6) is 0 Å². The van der Waals surface area contributed by atoms with Gasteiger partial charge in [-0.2, -0.15) is 0 Å². The first kappa shape index (κ1) is 12.6. The van der Waals surface area contributed by atoms with Crippen molar-refractivity contribution >= 4 is 11.1 Å². The van der Waals surface area contributed by atoms with Crippen LogP contribution >= 0.6 is 0 Å². The molecular weight excluding hydrogens is 252 g/mol. The number of rotatable bonds is 2. The highest BCUT2D eigenvalue weighted by molar-refractivity contribution is 5.75. The summed E-state index contributed by atoms with van der Waals surface area (Å²) in [5, 5.41) is 0. The van der Waals surface area contributed by atoms with Crippen molar-refractivity contribution in [1.82, 2.24) is 0 Å². The molecular formula is C21H20. The first-order chi connectivity index (χ1) is 10.2. The minimum Gasteiger partial charge on any atom is -0.0734 e. The summed E-state index contributed by atoms with van der Waals surface area (Å²) in [6, 6.07) is 17.7. The quantitative estimate of drug-likeness (QED) is 0.650. The molecule has 0 aromatic heterocycles. The Morgan fingerprint density at radius 1 is 0.667 bits per heavy atom. The second-order valence-electron chi connectivity index (χ2n) is 6.32. The average molecular weight is 272 g/mol. The van der Waals surface area contributed by atoms with Crippen molar-refractivity contribution in [2.75, 3.05) is 0 Å². The molecule has 0 spiro atoms. The Kier molecular flexibility index (Phi) is 2.85. The predicted molar refractivity (Wildman–Crippen MR) is 90.3 cm³/mol. The van der Waals surface area contributed by atoms with Gasteiger partial charge in [-0.3, -0.25) is 0 Å². The molecule has 0 saturated heterocycles. The topological polar surface area (TPSA) is 0 Å². The van der Waals surface area contributed by atoms with Gasteiger partial charge in [0.2, 0.25) is 0 Å². The van der Waals surface area contributed by atoms with Crippen LogP contribution in [0.3, 0.4) is 0 Å². The summed E-state index contributed by atoms with van der Waals surface area (Å²) in [5.41, 5.74) is 8.75. The highest BCUT2D eigenvalue weighted by Gasteiger charge is 2.27. The lowest BCUT2D eigenvalue weighted by molar-refractivity contribution is 0.686. The van der Waals surface area contributed by atoms with Crippen LogP contribution < -0.4 is 0 Å². The molecule has 0 bridgehead atoms. The lowest BCUT2D eigenvalue weighted by Gasteiger charge is -2.16. The van der Waals surface area contributed by atoms with E-state index >= 15 is 0 Å². The van der Waals surface area contributed by atoms with E-state index in [1.54, 1.807) is 0 Å². The molecule has 0 heteroatoms. The molecule has 2 aromatic carbocycles. The van der Waals surface area contributed by atoms with Gasteiger partial charge in [-0.1, -0.05) is 60.7 Å². The molecule has 2 atom stereocenters. The number of allylic oxidation sites excluding steroid dienone is 4. The van der Waals surface area contributed by atoms with Crippen LogP contribution in [0.2, 0.25) is 0 Å². The Morgan fingerprint density at radius 2 is 1.10 bits per heavy atom. The van der Waals surface area contributed by atoms with Crippen molar-refractivity contribution in [2.24, 2.45) is 0 Å². The summed E-state index contributed by atoms with van der Waals surface area (Å²) in [6.45, 7) is 4.48. The Morgan fingerprint density at radius 3 is 1.57 bits per heavy atom. The van der Waals surface area contributed by atoms with Crippen LogP contribution in [0.15, 0.2) is 60.7 Å². The molecule has 0 radical (unpaired) electrons. The van der Waals surface area contributed by atoms with Gasteiger partial charge in [0, 0.05) is 11.8 Å². The zero-order valence-corrected chi connectivity index (χ0v) is 12.6. The SMILES string of the molecule is CC1=C[C@H](C[C@H]2C=C(C)c3ccccc32)c2ccccc21. The van der Waals surface area contributed by atoms with Gasteiger partial charge < -0.3 is 0 Å².